The molecule has 0 aliphatic carbocycles. The lowest BCUT2D eigenvalue weighted by molar-refractivity contribution is -0.190. The minimum absolute atomic E-state index is 0.0277. The maximum Gasteiger partial charge on any atom is 0.405 e. The summed E-state index contributed by atoms with van der Waals surface area (Å²) >= 11 is 0. The molecule has 1 fully saturated rings. The van der Waals surface area contributed by atoms with Gasteiger partial charge in [0.05, 0.1) is 17.0 Å². The Bertz CT molecular complexity index is 649. The van der Waals surface area contributed by atoms with Gasteiger partial charge in [0, 0.05) is 6.54 Å². The number of hydrazine groups is 1. The Balaban J connectivity index is 2.00. The van der Waals surface area contributed by atoms with Gasteiger partial charge in [-0.3, -0.25) is 10.2 Å². The molecule has 1 amide bonds. The highest BCUT2D eigenvalue weighted by Gasteiger charge is 2.49. The molecule has 1 saturated heterocycles. The molecule has 1 aromatic carbocycles. The van der Waals surface area contributed by atoms with Crippen molar-refractivity contribution in [1.82, 2.24) is 10.4 Å². The molecule has 1 unspecified atom stereocenters. The second kappa shape index (κ2) is 6.81. The first-order valence-electron chi connectivity index (χ1n) is 7.77. The zero-order valence-corrected chi connectivity index (χ0v) is 13.7. The number of hydrogen-bond donors (Lipinski definition) is 1. The first kappa shape index (κ1) is 18.3. The van der Waals surface area contributed by atoms with E-state index in [9.17, 15) is 18.0 Å². The van der Waals surface area contributed by atoms with Crippen molar-refractivity contribution in [2.24, 2.45) is 5.41 Å². The van der Waals surface area contributed by atoms with E-state index in [1.165, 1.54) is 0 Å². The zero-order valence-electron chi connectivity index (χ0n) is 13.7. The summed E-state index contributed by atoms with van der Waals surface area (Å²) in [5.41, 5.74) is 2.85. The maximum absolute atomic E-state index is 13.4. The van der Waals surface area contributed by atoms with Gasteiger partial charge >= 0.3 is 6.18 Å². The van der Waals surface area contributed by atoms with E-state index in [4.69, 9.17) is 5.26 Å². The number of amides is 1. The molecule has 130 valence electrons. The van der Waals surface area contributed by atoms with Crippen LogP contribution in [0.2, 0.25) is 0 Å². The number of aryl methyl sites for hydroxylation is 1. The van der Waals surface area contributed by atoms with Gasteiger partial charge in [0.2, 0.25) is 5.91 Å². The smallest absolute Gasteiger partial charge is 0.288 e. The van der Waals surface area contributed by atoms with Gasteiger partial charge in [-0.15, -0.1) is 0 Å². The van der Waals surface area contributed by atoms with Crippen molar-refractivity contribution in [3.63, 3.8) is 0 Å². The van der Waals surface area contributed by atoms with Crippen LogP contribution in [0.25, 0.3) is 0 Å². The molecule has 4 nitrogen and oxygen atoms in total. The maximum atomic E-state index is 13.4. The van der Waals surface area contributed by atoms with Crippen LogP contribution in [0.1, 0.15) is 37.8 Å². The minimum atomic E-state index is -4.41. The second-order valence-electron chi connectivity index (χ2n) is 6.71. The molecule has 0 bridgehead atoms. The molecule has 2 rings (SSSR count). The SMILES string of the molecule is CC1(C)CN(C(CCCc2cccc(C#N)c2)C(F)(F)F)NC1=O. The molecule has 0 spiro atoms. The third-order valence-electron chi connectivity index (χ3n) is 4.18. The topological polar surface area (TPSA) is 56.1 Å². The molecule has 1 aliphatic rings. The van der Waals surface area contributed by atoms with Gasteiger partial charge in [0.1, 0.15) is 6.04 Å². The lowest BCUT2D eigenvalue weighted by atomic mass is 9.94. The molecule has 0 aromatic heterocycles. The van der Waals surface area contributed by atoms with Gasteiger partial charge in [-0.1, -0.05) is 12.1 Å². The quantitative estimate of drug-likeness (QED) is 0.896. The average molecular weight is 339 g/mol. The van der Waals surface area contributed by atoms with Crippen molar-refractivity contribution < 1.29 is 18.0 Å². The van der Waals surface area contributed by atoms with Crippen molar-refractivity contribution in [2.45, 2.75) is 45.3 Å². The fraction of sp³-hybridized carbons (Fsp3) is 0.529. The molecule has 24 heavy (non-hydrogen) atoms. The number of alkyl halides is 3. The summed E-state index contributed by atoms with van der Waals surface area (Å²) in [5, 5.41) is 9.86. The monoisotopic (exact) mass is 339 g/mol. The first-order chi connectivity index (χ1) is 11.1. The van der Waals surface area contributed by atoms with Gasteiger partial charge in [0.15, 0.2) is 0 Å². The van der Waals surface area contributed by atoms with Crippen LogP contribution in [-0.4, -0.2) is 29.7 Å². The van der Waals surface area contributed by atoms with Crippen LogP contribution < -0.4 is 5.43 Å². The number of nitriles is 1. The van der Waals surface area contributed by atoms with E-state index in [0.29, 0.717) is 18.4 Å². The van der Waals surface area contributed by atoms with Crippen molar-refractivity contribution >= 4 is 5.91 Å². The van der Waals surface area contributed by atoms with Gasteiger partial charge in [-0.05, 0) is 50.8 Å². The summed E-state index contributed by atoms with van der Waals surface area (Å²) in [6.07, 6.45) is -3.77. The highest BCUT2D eigenvalue weighted by molar-refractivity contribution is 5.83. The Hall–Kier alpha value is -2.07. The van der Waals surface area contributed by atoms with Gasteiger partial charge < -0.3 is 0 Å². The standard InChI is InChI=1S/C17H20F3N3O/c1-16(2)11-23(22-15(16)24)14(17(18,19)20)8-4-6-12-5-3-7-13(9-12)10-21/h3,5,7,9,14H,4,6,8,11H2,1-2H3,(H,22,24). The highest BCUT2D eigenvalue weighted by atomic mass is 19.4. The molecule has 1 heterocycles. The predicted molar refractivity (Wildman–Crippen MR) is 82.6 cm³/mol. The third-order valence-corrected chi connectivity index (χ3v) is 4.18. The van der Waals surface area contributed by atoms with Crippen LogP contribution >= 0.6 is 0 Å². The molecule has 1 aromatic rings. The summed E-state index contributed by atoms with van der Waals surface area (Å²) in [6, 6.07) is 7.16. The minimum Gasteiger partial charge on any atom is -0.288 e. The summed E-state index contributed by atoms with van der Waals surface area (Å²) < 4.78 is 40.1. The first-order valence-corrected chi connectivity index (χ1v) is 7.77. The molecule has 1 N–H and O–H groups in total. The van der Waals surface area contributed by atoms with Crippen LogP contribution in [0, 0.1) is 16.7 Å². The summed E-state index contributed by atoms with van der Waals surface area (Å²) in [4.78, 5) is 11.8. The lowest BCUT2D eigenvalue weighted by Crippen LogP contribution is -2.50. The Labute approximate surface area is 139 Å². The number of benzene rings is 1. The van der Waals surface area contributed by atoms with E-state index in [2.05, 4.69) is 5.43 Å². The van der Waals surface area contributed by atoms with Crippen LogP contribution in [0.15, 0.2) is 24.3 Å². The third kappa shape index (κ3) is 4.26. The Morgan fingerprint density at radius 2 is 2.12 bits per heavy atom. The summed E-state index contributed by atoms with van der Waals surface area (Å²) in [7, 11) is 0. The summed E-state index contributed by atoms with van der Waals surface area (Å²) in [5.74, 6) is -0.390. The van der Waals surface area contributed by atoms with E-state index in [1.807, 2.05) is 6.07 Å². The van der Waals surface area contributed by atoms with Crippen molar-refractivity contribution in [2.75, 3.05) is 6.54 Å². The normalized spacial score (nSPS) is 18.9. The Morgan fingerprint density at radius 1 is 1.42 bits per heavy atom. The zero-order chi connectivity index (χ0) is 18.0. The predicted octanol–water partition coefficient (Wildman–Crippen LogP) is 3.18. The number of rotatable bonds is 5. The number of halogens is 3. The van der Waals surface area contributed by atoms with Crippen LogP contribution in [-0.2, 0) is 11.2 Å². The van der Waals surface area contributed by atoms with E-state index >= 15 is 0 Å². The van der Waals surface area contributed by atoms with E-state index in [-0.39, 0.29) is 13.0 Å². The van der Waals surface area contributed by atoms with Crippen LogP contribution in [0.3, 0.4) is 0 Å². The molecular weight excluding hydrogens is 319 g/mol. The van der Waals surface area contributed by atoms with Crippen LogP contribution in [0.4, 0.5) is 13.2 Å². The van der Waals surface area contributed by atoms with Gasteiger partial charge in [-0.25, -0.2) is 5.01 Å². The highest BCUT2D eigenvalue weighted by Crippen LogP contribution is 2.33. The Kier molecular flexibility index (Phi) is 5.19. The number of nitrogens with zero attached hydrogens (tertiary/aromatic N) is 2. The number of carbonyl (C=O) groups is 1. The molecule has 0 saturated carbocycles. The number of hydrogen-bond acceptors (Lipinski definition) is 3. The molecular formula is C17H20F3N3O. The lowest BCUT2D eigenvalue weighted by Gasteiger charge is -2.29. The molecule has 0 radical (unpaired) electrons. The van der Waals surface area contributed by atoms with Gasteiger partial charge in [0.25, 0.3) is 0 Å². The average Bonchev–Trinajstić information content (AvgIpc) is 2.75. The number of nitrogens with one attached hydrogen (secondary N) is 1. The molecule has 7 heteroatoms. The molecule has 1 atom stereocenters. The number of carbonyl (C=O) groups excluding carboxylic acids is 1. The van der Waals surface area contributed by atoms with Crippen molar-refractivity contribution in [3.8, 4) is 6.07 Å². The van der Waals surface area contributed by atoms with E-state index in [1.54, 1.807) is 38.1 Å². The van der Waals surface area contributed by atoms with E-state index < -0.39 is 23.5 Å². The molecule has 1 aliphatic heterocycles. The van der Waals surface area contributed by atoms with Crippen molar-refractivity contribution in [3.05, 3.63) is 35.4 Å². The second-order valence-corrected chi connectivity index (χ2v) is 6.71. The van der Waals surface area contributed by atoms with Gasteiger partial charge in [-0.2, -0.15) is 18.4 Å². The van der Waals surface area contributed by atoms with Crippen LogP contribution in [0.5, 0.6) is 0 Å². The van der Waals surface area contributed by atoms with Crippen molar-refractivity contribution in [1.29, 1.82) is 5.26 Å². The largest absolute Gasteiger partial charge is 0.405 e. The summed E-state index contributed by atoms with van der Waals surface area (Å²) in [6.45, 7) is 3.28. The fourth-order valence-electron chi connectivity index (χ4n) is 2.80. The fourth-order valence-corrected chi connectivity index (χ4v) is 2.80. The van der Waals surface area contributed by atoms with E-state index in [0.717, 1.165) is 10.6 Å². The Morgan fingerprint density at radius 3 is 2.67 bits per heavy atom.